The maximum absolute atomic E-state index is 3.77. The summed E-state index contributed by atoms with van der Waals surface area (Å²) in [4.78, 5) is 5.21. The van der Waals surface area contributed by atoms with Crippen LogP contribution in [0.15, 0.2) is 11.6 Å². The normalized spacial score (nSPS) is 21.4. The van der Waals surface area contributed by atoms with Gasteiger partial charge < -0.3 is 5.32 Å². The summed E-state index contributed by atoms with van der Waals surface area (Å²) in [6.07, 6.45) is 7.83. The van der Waals surface area contributed by atoms with E-state index in [1.165, 1.54) is 64.0 Å². The zero-order valence-corrected chi connectivity index (χ0v) is 13.7. The Balaban J connectivity index is 1.56. The lowest BCUT2D eigenvalue weighted by Gasteiger charge is -2.32. The van der Waals surface area contributed by atoms with Crippen LogP contribution in [0.25, 0.3) is 0 Å². The van der Waals surface area contributed by atoms with Gasteiger partial charge in [-0.15, -0.1) is 0 Å². The molecule has 1 saturated carbocycles. The summed E-state index contributed by atoms with van der Waals surface area (Å²) >= 11 is 0. The number of nitrogens with zero attached hydrogens (tertiary/aromatic N) is 2. The van der Waals surface area contributed by atoms with Crippen molar-refractivity contribution in [3.05, 3.63) is 11.6 Å². The van der Waals surface area contributed by atoms with Crippen molar-refractivity contribution in [3.63, 3.8) is 0 Å². The second-order valence-electron chi connectivity index (χ2n) is 6.67. The Morgan fingerprint density at radius 3 is 2.45 bits per heavy atom. The summed E-state index contributed by atoms with van der Waals surface area (Å²) in [6, 6.07) is 1.66. The molecule has 0 aromatic rings. The molecule has 1 heterocycles. The van der Waals surface area contributed by atoms with Gasteiger partial charge in [0.1, 0.15) is 0 Å². The van der Waals surface area contributed by atoms with E-state index in [0.717, 1.165) is 18.6 Å². The highest BCUT2D eigenvalue weighted by molar-refractivity contribution is 4.95. The second kappa shape index (κ2) is 8.16. The van der Waals surface area contributed by atoms with Gasteiger partial charge in [-0.25, -0.2) is 0 Å². The van der Waals surface area contributed by atoms with Crippen LogP contribution in [0.3, 0.4) is 0 Å². The lowest BCUT2D eigenvalue weighted by molar-refractivity contribution is 0.207. The molecule has 0 spiro atoms. The summed E-state index contributed by atoms with van der Waals surface area (Å²) in [7, 11) is 0. The van der Waals surface area contributed by atoms with Crippen LogP contribution >= 0.6 is 0 Å². The molecule has 1 aliphatic heterocycles. The third-order valence-electron chi connectivity index (χ3n) is 4.65. The molecule has 0 bridgehead atoms. The molecule has 3 nitrogen and oxygen atoms in total. The molecule has 2 rings (SSSR count). The minimum absolute atomic E-state index is 0.746. The summed E-state index contributed by atoms with van der Waals surface area (Å²) in [5.41, 5.74) is 1.44. The Morgan fingerprint density at radius 1 is 1.20 bits per heavy atom. The number of likely N-dealkylation sites (tertiary alicyclic amines) is 1. The van der Waals surface area contributed by atoms with E-state index in [1.54, 1.807) is 0 Å². The molecule has 2 aliphatic rings. The molecule has 0 atom stereocenters. The highest BCUT2D eigenvalue weighted by Gasteiger charge is 2.27. The fourth-order valence-corrected chi connectivity index (χ4v) is 3.08. The van der Waals surface area contributed by atoms with Crippen molar-refractivity contribution in [1.29, 1.82) is 0 Å². The van der Waals surface area contributed by atoms with Gasteiger partial charge in [-0.2, -0.15) is 0 Å². The average molecular weight is 279 g/mol. The number of hydrogen-bond donors (Lipinski definition) is 1. The standard InChI is InChI=1S/C17H33N3/c1-4-20(17-5-6-17)14-10-18-16-8-12-19(13-9-16)11-7-15(2)3/h7,16-18H,4-6,8-14H2,1-3H3. The summed E-state index contributed by atoms with van der Waals surface area (Å²) in [5, 5.41) is 3.77. The van der Waals surface area contributed by atoms with Crippen LogP contribution in [0.1, 0.15) is 46.5 Å². The SMILES string of the molecule is CCN(CCNC1CCN(CC=C(C)C)CC1)C1CC1. The molecule has 3 heteroatoms. The zero-order valence-electron chi connectivity index (χ0n) is 13.7. The molecular weight excluding hydrogens is 246 g/mol. The molecule has 0 unspecified atom stereocenters. The van der Waals surface area contributed by atoms with Gasteiger partial charge in [-0.3, -0.25) is 9.80 Å². The maximum atomic E-state index is 3.77. The van der Waals surface area contributed by atoms with E-state index in [2.05, 4.69) is 42.0 Å². The van der Waals surface area contributed by atoms with Crippen LogP contribution in [0, 0.1) is 0 Å². The number of rotatable bonds is 8. The van der Waals surface area contributed by atoms with Gasteiger partial charge in [0, 0.05) is 31.7 Å². The van der Waals surface area contributed by atoms with E-state index in [1.807, 2.05) is 0 Å². The molecule has 1 aliphatic carbocycles. The summed E-state index contributed by atoms with van der Waals surface area (Å²) < 4.78 is 0. The fraction of sp³-hybridized carbons (Fsp3) is 0.882. The minimum atomic E-state index is 0.746. The third kappa shape index (κ3) is 5.55. The fourth-order valence-electron chi connectivity index (χ4n) is 3.08. The van der Waals surface area contributed by atoms with Gasteiger partial charge in [0.05, 0.1) is 0 Å². The predicted octanol–water partition coefficient (Wildman–Crippen LogP) is 2.49. The first kappa shape index (κ1) is 16.0. The van der Waals surface area contributed by atoms with Crippen LogP contribution in [0.2, 0.25) is 0 Å². The first-order valence-corrected chi connectivity index (χ1v) is 8.52. The van der Waals surface area contributed by atoms with Crippen molar-refractivity contribution in [2.45, 2.75) is 58.5 Å². The molecule has 0 aromatic carbocycles. The van der Waals surface area contributed by atoms with E-state index in [9.17, 15) is 0 Å². The highest BCUT2D eigenvalue weighted by atomic mass is 15.2. The molecule has 20 heavy (non-hydrogen) atoms. The lowest BCUT2D eigenvalue weighted by Crippen LogP contribution is -2.45. The molecule has 0 amide bonds. The Labute approximate surface area is 125 Å². The topological polar surface area (TPSA) is 18.5 Å². The van der Waals surface area contributed by atoms with Crippen molar-refractivity contribution in [3.8, 4) is 0 Å². The van der Waals surface area contributed by atoms with Crippen LogP contribution < -0.4 is 5.32 Å². The number of nitrogens with one attached hydrogen (secondary N) is 1. The zero-order chi connectivity index (χ0) is 14.4. The molecule has 1 saturated heterocycles. The van der Waals surface area contributed by atoms with Crippen LogP contribution in [-0.4, -0.2) is 61.2 Å². The van der Waals surface area contributed by atoms with Crippen LogP contribution in [0.5, 0.6) is 0 Å². The van der Waals surface area contributed by atoms with Crippen molar-refractivity contribution in [2.24, 2.45) is 0 Å². The van der Waals surface area contributed by atoms with Crippen molar-refractivity contribution >= 4 is 0 Å². The van der Waals surface area contributed by atoms with E-state index in [4.69, 9.17) is 0 Å². The summed E-state index contributed by atoms with van der Waals surface area (Å²) in [5.74, 6) is 0. The highest BCUT2D eigenvalue weighted by Crippen LogP contribution is 2.25. The van der Waals surface area contributed by atoms with E-state index >= 15 is 0 Å². The predicted molar refractivity (Wildman–Crippen MR) is 87.2 cm³/mol. The van der Waals surface area contributed by atoms with Gasteiger partial charge in [0.2, 0.25) is 0 Å². The first-order valence-electron chi connectivity index (χ1n) is 8.52. The van der Waals surface area contributed by atoms with Crippen molar-refractivity contribution in [1.82, 2.24) is 15.1 Å². The third-order valence-corrected chi connectivity index (χ3v) is 4.65. The number of likely N-dealkylation sites (N-methyl/N-ethyl adjacent to an activating group) is 1. The Kier molecular flexibility index (Phi) is 6.53. The molecule has 0 aromatic heterocycles. The minimum Gasteiger partial charge on any atom is -0.313 e. The quantitative estimate of drug-likeness (QED) is 0.689. The van der Waals surface area contributed by atoms with Crippen molar-refractivity contribution in [2.75, 3.05) is 39.3 Å². The van der Waals surface area contributed by atoms with Gasteiger partial charge in [0.15, 0.2) is 0 Å². The molecule has 2 fully saturated rings. The monoisotopic (exact) mass is 279 g/mol. The maximum Gasteiger partial charge on any atom is 0.0165 e. The lowest BCUT2D eigenvalue weighted by atomic mass is 10.0. The summed E-state index contributed by atoms with van der Waals surface area (Å²) in [6.45, 7) is 13.9. The van der Waals surface area contributed by atoms with Crippen LogP contribution in [0.4, 0.5) is 0 Å². The van der Waals surface area contributed by atoms with E-state index in [0.29, 0.717) is 0 Å². The van der Waals surface area contributed by atoms with Crippen LogP contribution in [-0.2, 0) is 0 Å². The van der Waals surface area contributed by atoms with Gasteiger partial charge in [0.25, 0.3) is 0 Å². The van der Waals surface area contributed by atoms with E-state index < -0.39 is 0 Å². The Morgan fingerprint density at radius 2 is 1.90 bits per heavy atom. The van der Waals surface area contributed by atoms with E-state index in [-0.39, 0.29) is 0 Å². The van der Waals surface area contributed by atoms with Gasteiger partial charge in [-0.05, 0) is 59.2 Å². The molecule has 116 valence electrons. The number of piperidine rings is 1. The average Bonchev–Trinajstić information content (AvgIpc) is 3.27. The molecule has 0 radical (unpaired) electrons. The largest absolute Gasteiger partial charge is 0.313 e. The Bertz CT molecular complexity index is 297. The number of allylic oxidation sites excluding steroid dienone is 1. The number of hydrogen-bond acceptors (Lipinski definition) is 3. The molecular formula is C17H33N3. The first-order chi connectivity index (χ1) is 9.69. The van der Waals surface area contributed by atoms with Gasteiger partial charge >= 0.3 is 0 Å². The second-order valence-corrected chi connectivity index (χ2v) is 6.67. The molecule has 1 N–H and O–H groups in total. The van der Waals surface area contributed by atoms with Gasteiger partial charge in [-0.1, -0.05) is 18.6 Å². The smallest absolute Gasteiger partial charge is 0.0165 e. The Hall–Kier alpha value is -0.380. The van der Waals surface area contributed by atoms with Crippen molar-refractivity contribution < 1.29 is 0 Å².